The average molecular weight is 192 g/mol. The van der Waals surface area contributed by atoms with Gasteiger partial charge in [0, 0.05) is 12.1 Å². The maximum Gasteiger partial charge on any atom is 0.127 e. The Labute approximate surface area is 83.6 Å². The first-order valence-corrected chi connectivity index (χ1v) is 4.60. The fourth-order valence-electron chi connectivity index (χ4n) is 1.25. The summed E-state index contributed by atoms with van der Waals surface area (Å²) in [6.45, 7) is 3.54. The first kappa shape index (κ1) is 10.7. The third kappa shape index (κ3) is 2.82. The van der Waals surface area contributed by atoms with E-state index in [0.29, 0.717) is 18.7 Å². The molecule has 0 saturated heterocycles. The van der Waals surface area contributed by atoms with Crippen molar-refractivity contribution in [3.63, 3.8) is 0 Å². The number of hydrogen-bond donors (Lipinski definition) is 0. The summed E-state index contributed by atoms with van der Waals surface area (Å²) in [6.07, 6.45) is 0. The van der Waals surface area contributed by atoms with E-state index in [-0.39, 0.29) is 5.82 Å². The van der Waals surface area contributed by atoms with Crippen LogP contribution in [0.3, 0.4) is 0 Å². The zero-order chi connectivity index (χ0) is 10.4. The molecule has 0 atom stereocenters. The predicted octanol–water partition coefficient (Wildman–Crippen LogP) is 2.17. The molecule has 0 aromatic heterocycles. The summed E-state index contributed by atoms with van der Waals surface area (Å²) in [5.74, 6) is -0.205. The second kappa shape index (κ2) is 5.36. The van der Waals surface area contributed by atoms with Gasteiger partial charge in [-0.25, -0.2) is 4.39 Å². The smallest absolute Gasteiger partial charge is 0.127 e. The van der Waals surface area contributed by atoms with Gasteiger partial charge in [-0.15, -0.1) is 0 Å². The second-order valence-corrected chi connectivity index (χ2v) is 3.05. The molecule has 2 nitrogen and oxygen atoms in total. The Bertz CT molecular complexity index is 330. The van der Waals surface area contributed by atoms with Crippen LogP contribution in [0.5, 0.6) is 0 Å². The predicted molar refractivity (Wildman–Crippen MR) is 53.0 cm³/mol. The lowest BCUT2D eigenvalue weighted by Crippen LogP contribution is -2.23. The third-order valence-electron chi connectivity index (χ3n) is 2.09. The van der Waals surface area contributed by atoms with E-state index in [0.717, 1.165) is 6.54 Å². The van der Waals surface area contributed by atoms with Crippen molar-refractivity contribution in [2.24, 2.45) is 0 Å². The lowest BCUT2D eigenvalue weighted by Gasteiger charge is -2.16. The Morgan fingerprint density at radius 2 is 2.14 bits per heavy atom. The molecule has 0 spiro atoms. The molecule has 1 aromatic rings. The molecule has 0 aliphatic rings. The van der Waals surface area contributed by atoms with Gasteiger partial charge in [-0.2, -0.15) is 5.26 Å². The second-order valence-electron chi connectivity index (χ2n) is 3.05. The molecular weight excluding hydrogens is 179 g/mol. The van der Waals surface area contributed by atoms with E-state index in [4.69, 9.17) is 5.26 Å². The number of nitrogens with zero attached hydrogens (tertiary/aromatic N) is 2. The normalized spacial score (nSPS) is 10.1. The van der Waals surface area contributed by atoms with Crippen molar-refractivity contribution in [2.45, 2.75) is 13.5 Å². The van der Waals surface area contributed by atoms with Crippen LogP contribution < -0.4 is 0 Å². The highest BCUT2D eigenvalue weighted by molar-refractivity contribution is 5.17. The quantitative estimate of drug-likeness (QED) is 0.683. The van der Waals surface area contributed by atoms with Crippen molar-refractivity contribution in [2.75, 3.05) is 13.1 Å². The van der Waals surface area contributed by atoms with Crippen molar-refractivity contribution in [1.82, 2.24) is 4.90 Å². The van der Waals surface area contributed by atoms with Gasteiger partial charge in [0.25, 0.3) is 0 Å². The highest BCUT2D eigenvalue weighted by Crippen LogP contribution is 2.09. The standard InChI is InChI=1S/C11H13FN2/c1-2-14(8-7-13)9-10-5-3-4-6-11(10)12/h3-6H,2,8-9H2,1H3. The van der Waals surface area contributed by atoms with Gasteiger partial charge < -0.3 is 0 Å². The molecule has 0 N–H and O–H groups in total. The van der Waals surface area contributed by atoms with E-state index in [9.17, 15) is 4.39 Å². The lowest BCUT2D eigenvalue weighted by atomic mass is 10.2. The van der Waals surface area contributed by atoms with E-state index >= 15 is 0 Å². The van der Waals surface area contributed by atoms with Crippen molar-refractivity contribution in [1.29, 1.82) is 5.26 Å². The molecule has 0 aliphatic carbocycles. The van der Waals surface area contributed by atoms with Crippen LogP contribution in [0.25, 0.3) is 0 Å². The maximum absolute atomic E-state index is 13.2. The molecule has 3 heteroatoms. The number of benzene rings is 1. The minimum Gasteiger partial charge on any atom is -0.286 e. The molecular formula is C11H13FN2. The van der Waals surface area contributed by atoms with Crippen LogP contribution in [0, 0.1) is 17.1 Å². The van der Waals surface area contributed by atoms with E-state index < -0.39 is 0 Å². The Hall–Kier alpha value is -1.40. The first-order valence-electron chi connectivity index (χ1n) is 4.60. The highest BCUT2D eigenvalue weighted by Gasteiger charge is 2.06. The van der Waals surface area contributed by atoms with Crippen molar-refractivity contribution < 1.29 is 4.39 Å². The molecule has 0 amide bonds. The average Bonchev–Trinajstić information content (AvgIpc) is 2.20. The molecule has 0 aliphatic heterocycles. The molecule has 0 radical (unpaired) electrons. The van der Waals surface area contributed by atoms with Gasteiger partial charge in [-0.1, -0.05) is 25.1 Å². The van der Waals surface area contributed by atoms with Gasteiger partial charge in [0.1, 0.15) is 5.82 Å². The summed E-state index contributed by atoms with van der Waals surface area (Å²) in [5, 5.41) is 8.53. The van der Waals surface area contributed by atoms with Gasteiger partial charge in [-0.05, 0) is 12.6 Å². The maximum atomic E-state index is 13.2. The van der Waals surface area contributed by atoms with Crippen LogP contribution in [-0.4, -0.2) is 18.0 Å². The number of rotatable bonds is 4. The number of nitriles is 1. The molecule has 1 rings (SSSR count). The molecule has 1 aromatic carbocycles. The summed E-state index contributed by atoms with van der Waals surface area (Å²) >= 11 is 0. The highest BCUT2D eigenvalue weighted by atomic mass is 19.1. The van der Waals surface area contributed by atoms with E-state index in [1.165, 1.54) is 6.07 Å². The first-order chi connectivity index (χ1) is 6.77. The van der Waals surface area contributed by atoms with Crippen LogP contribution >= 0.6 is 0 Å². The summed E-state index contributed by atoms with van der Waals surface area (Å²) in [6, 6.07) is 8.72. The van der Waals surface area contributed by atoms with Gasteiger partial charge >= 0.3 is 0 Å². The van der Waals surface area contributed by atoms with Gasteiger partial charge in [0.15, 0.2) is 0 Å². The van der Waals surface area contributed by atoms with Crippen LogP contribution in [0.15, 0.2) is 24.3 Å². The fourth-order valence-corrected chi connectivity index (χ4v) is 1.25. The van der Waals surface area contributed by atoms with E-state index in [1.807, 2.05) is 11.8 Å². The van der Waals surface area contributed by atoms with Gasteiger partial charge in [0.05, 0.1) is 12.6 Å². The molecule has 0 fully saturated rings. The van der Waals surface area contributed by atoms with Crippen molar-refractivity contribution in [3.8, 4) is 6.07 Å². The Kier molecular flexibility index (Phi) is 4.09. The zero-order valence-electron chi connectivity index (χ0n) is 8.20. The number of halogens is 1. The van der Waals surface area contributed by atoms with Gasteiger partial charge in [-0.3, -0.25) is 4.90 Å². The molecule has 0 saturated carbocycles. The van der Waals surface area contributed by atoms with Crippen LogP contribution in [-0.2, 0) is 6.54 Å². The lowest BCUT2D eigenvalue weighted by molar-refractivity contribution is 0.309. The monoisotopic (exact) mass is 192 g/mol. The molecule has 14 heavy (non-hydrogen) atoms. The number of hydrogen-bond acceptors (Lipinski definition) is 2. The third-order valence-corrected chi connectivity index (χ3v) is 2.09. The van der Waals surface area contributed by atoms with Crippen LogP contribution in [0.2, 0.25) is 0 Å². The Morgan fingerprint density at radius 3 is 2.71 bits per heavy atom. The molecule has 0 bridgehead atoms. The van der Waals surface area contributed by atoms with E-state index in [2.05, 4.69) is 6.07 Å². The zero-order valence-corrected chi connectivity index (χ0v) is 8.20. The van der Waals surface area contributed by atoms with Crippen LogP contribution in [0.1, 0.15) is 12.5 Å². The Balaban J connectivity index is 2.68. The minimum absolute atomic E-state index is 0.205. The molecule has 74 valence electrons. The summed E-state index contributed by atoms with van der Waals surface area (Å²) in [7, 11) is 0. The summed E-state index contributed by atoms with van der Waals surface area (Å²) in [5.41, 5.74) is 0.643. The van der Waals surface area contributed by atoms with Crippen molar-refractivity contribution in [3.05, 3.63) is 35.6 Å². The topological polar surface area (TPSA) is 27.0 Å². The largest absolute Gasteiger partial charge is 0.286 e. The summed E-state index contributed by atoms with van der Waals surface area (Å²) in [4.78, 5) is 1.89. The fraction of sp³-hybridized carbons (Fsp3) is 0.364. The minimum atomic E-state index is -0.205. The van der Waals surface area contributed by atoms with Crippen LogP contribution in [0.4, 0.5) is 4.39 Å². The Morgan fingerprint density at radius 1 is 1.43 bits per heavy atom. The molecule has 0 unspecified atom stereocenters. The van der Waals surface area contributed by atoms with E-state index in [1.54, 1.807) is 18.2 Å². The van der Waals surface area contributed by atoms with Gasteiger partial charge in [0.2, 0.25) is 0 Å². The molecule has 0 heterocycles. The summed E-state index contributed by atoms with van der Waals surface area (Å²) < 4.78 is 13.2. The SMILES string of the molecule is CCN(CC#N)Cc1ccccc1F. The van der Waals surface area contributed by atoms with Crippen molar-refractivity contribution >= 4 is 0 Å².